The summed E-state index contributed by atoms with van der Waals surface area (Å²) >= 11 is 0. The van der Waals surface area contributed by atoms with Gasteiger partial charge in [-0.25, -0.2) is 0 Å². The average molecular weight is 248 g/mol. The molecule has 0 saturated heterocycles. The Morgan fingerprint density at radius 1 is 0.941 bits per heavy atom. The van der Waals surface area contributed by atoms with E-state index in [1.54, 1.807) is 0 Å². The van der Waals surface area contributed by atoms with Crippen LogP contribution in [0, 0.1) is 0 Å². The van der Waals surface area contributed by atoms with Crippen molar-refractivity contribution in [1.82, 2.24) is 20.9 Å². The fraction of sp³-hybridized carbons (Fsp3) is 1.00. The van der Waals surface area contributed by atoms with Crippen molar-refractivity contribution in [1.29, 1.82) is 0 Å². The second kappa shape index (κ2) is 12.2. The van der Waals surface area contributed by atoms with E-state index in [-0.39, 0.29) is 6.61 Å². The Kier molecular flexibility index (Phi) is 12.1. The second-order valence-electron chi connectivity index (χ2n) is 4.34. The van der Waals surface area contributed by atoms with E-state index in [1.807, 2.05) is 0 Å². The highest BCUT2D eigenvalue weighted by molar-refractivity contribution is 4.59. The monoisotopic (exact) mass is 248 g/mol. The molecule has 0 spiro atoms. The van der Waals surface area contributed by atoms with E-state index in [0.717, 1.165) is 39.3 Å². The van der Waals surface area contributed by atoms with E-state index < -0.39 is 6.10 Å². The Labute approximate surface area is 104 Å². The van der Waals surface area contributed by atoms with Gasteiger partial charge in [0.15, 0.2) is 0 Å². The van der Waals surface area contributed by atoms with E-state index >= 15 is 0 Å². The molecule has 0 bridgehead atoms. The highest BCUT2D eigenvalue weighted by atomic mass is 16.3. The molecule has 1 unspecified atom stereocenters. The Morgan fingerprint density at radius 3 is 2.00 bits per heavy atom. The summed E-state index contributed by atoms with van der Waals surface area (Å²) in [6, 6.07) is 0. The predicted molar refractivity (Wildman–Crippen MR) is 70.3 cm³/mol. The van der Waals surface area contributed by atoms with Gasteiger partial charge >= 0.3 is 0 Å². The first-order chi connectivity index (χ1) is 8.16. The number of hydrogen-bond acceptors (Lipinski definition) is 6. The molecule has 6 nitrogen and oxygen atoms in total. The van der Waals surface area contributed by atoms with Gasteiger partial charge in [0, 0.05) is 45.8 Å². The highest BCUT2D eigenvalue weighted by Crippen LogP contribution is 1.75. The number of likely N-dealkylation sites (N-methyl/N-ethyl adjacent to an activating group) is 1. The second-order valence-corrected chi connectivity index (χ2v) is 4.34. The van der Waals surface area contributed by atoms with Crippen molar-refractivity contribution in [2.45, 2.75) is 6.10 Å². The van der Waals surface area contributed by atoms with Gasteiger partial charge in [-0.3, -0.25) is 0 Å². The zero-order valence-electron chi connectivity index (χ0n) is 11.1. The number of nitrogens with one attached hydrogen (secondary N) is 3. The topological polar surface area (TPSA) is 79.8 Å². The molecule has 0 heterocycles. The number of aliphatic hydroxyl groups excluding tert-OH is 2. The molecule has 0 aromatic heterocycles. The Morgan fingerprint density at radius 2 is 1.47 bits per heavy atom. The van der Waals surface area contributed by atoms with Crippen LogP contribution in [0.25, 0.3) is 0 Å². The Hall–Kier alpha value is -0.240. The van der Waals surface area contributed by atoms with E-state index in [1.165, 1.54) is 0 Å². The van der Waals surface area contributed by atoms with Crippen LogP contribution in [0.2, 0.25) is 0 Å². The van der Waals surface area contributed by atoms with Gasteiger partial charge in [0.2, 0.25) is 0 Å². The summed E-state index contributed by atoms with van der Waals surface area (Å²) in [4.78, 5) is 2.15. The molecule has 0 radical (unpaired) electrons. The molecule has 0 aromatic rings. The van der Waals surface area contributed by atoms with Crippen LogP contribution in [0.3, 0.4) is 0 Å². The molecule has 5 N–H and O–H groups in total. The molecule has 0 rings (SSSR count). The molecular formula is C11H28N4O2. The number of nitrogens with zero attached hydrogens (tertiary/aromatic N) is 1. The zero-order chi connectivity index (χ0) is 12.9. The van der Waals surface area contributed by atoms with Gasteiger partial charge in [0.1, 0.15) is 0 Å². The summed E-state index contributed by atoms with van der Waals surface area (Å²) in [6.07, 6.45) is -0.650. The van der Waals surface area contributed by atoms with Crippen LogP contribution in [0.15, 0.2) is 0 Å². The van der Waals surface area contributed by atoms with Gasteiger partial charge in [-0.05, 0) is 14.1 Å². The van der Waals surface area contributed by atoms with E-state index in [9.17, 15) is 0 Å². The summed E-state index contributed by atoms with van der Waals surface area (Å²) in [5, 5.41) is 27.3. The largest absolute Gasteiger partial charge is 0.394 e. The molecule has 0 aliphatic heterocycles. The maximum Gasteiger partial charge on any atom is 0.0894 e. The van der Waals surface area contributed by atoms with Crippen molar-refractivity contribution in [2.24, 2.45) is 0 Å². The SMILES string of the molecule is CN(C)CCNCCNCCNCC(O)CO. The third-order valence-corrected chi connectivity index (χ3v) is 2.28. The van der Waals surface area contributed by atoms with Crippen molar-refractivity contribution < 1.29 is 10.2 Å². The maximum absolute atomic E-state index is 9.06. The lowest BCUT2D eigenvalue weighted by atomic mass is 10.4. The summed E-state index contributed by atoms with van der Waals surface area (Å²) < 4.78 is 0. The highest BCUT2D eigenvalue weighted by Gasteiger charge is 1.98. The summed E-state index contributed by atoms with van der Waals surface area (Å²) in [7, 11) is 4.12. The lowest BCUT2D eigenvalue weighted by Gasteiger charge is -2.11. The van der Waals surface area contributed by atoms with Crippen molar-refractivity contribution >= 4 is 0 Å². The van der Waals surface area contributed by atoms with Gasteiger partial charge in [-0.1, -0.05) is 0 Å². The lowest BCUT2D eigenvalue weighted by Crippen LogP contribution is -2.37. The van der Waals surface area contributed by atoms with Gasteiger partial charge in [-0.15, -0.1) is 0 Å². The van der Waals surface area contributed by atoms with Crippen molar-refractivity contribution in [2.75, 3.05) is 66.5 Å². The fourth-order valence-corrected chi connectivity index (χ4v) is 1.24. The minimum absolute atomic E-state index is 0.184. The Balaban J connectivity index is 2.99. The van der Waals surface area contributed by atoms with Crippen LogP contribution in [0.1, 0.15) is 0 Å². The summed E-state index contributed by atoms with van der Waals surface area (Å²) in [6.45, 7) is 5.90. The molecule has 17 heavy (non-hydrogen) atoms. The van der Waals surface area contributed by atoms with Crippen molar-refractivity contribution in [3.8, 4) is 0 Å². The molecule has 6 heteroatoms. The third-order valence-electron chi connectivity index (χ3n) is 2.28. The minimum Gasteiger partial charge on any atom is -0.394 e. The van der Waals surface area contributed by atoms with Gasteiger partial charge in [0.05, 0.1) is 12.7 Å². The van der Waals surface area contributed by atoms with Gasteiger partial charge in [0.25, 0.3) is 0 Å². The molecule has 0 aliphatic carbocycles. The molecule has 0 amide bonds. The van der Waals surface area contributed by atoms with Crippen LogP contribution < -0.4 is 16.0 Å². The average Bonchev–Trinajstić information content (AvgIpc) is 2.30. The standard InChI is InChI=1S/C11H28N4O2/c1-15(2)8-7-13-4-3-12-5-6-14-9-11(17)10-16/h11-14,16-17H,3-10H2,1-2H3. The van der Waals surface area contributed by atoms with Crippen LogP contribution in [-0.4, -0.2) is 87.7 Å². The van der Waals surface area contributed by atoms with E-state index in [2.05, 4.69) is 34.9 Å². The maximum atomic E-state index is 9.06. The smallest absolute Gasteiger partial charge is 0.0894 e. The van der Waals surface area contributed by atoms with Crippen LogP contribution in [-0.2, 0) is 0 Å². The Bertz CT molecular complexity index is 158. The normalized spacial score (nSPS) is 13.2. The number of hydrogen-bond donors (Lipinski definition) is 5. The first-order valence-corrected chi connectivity index (χ1v) is 6.22. The number of aliphatic hydroxyl groups is 2. The predicted octanol–water partition coefficient (Wildman–Crippen LogP) is -2.33. The lowest BCUT2D eigenvalue weighted by molar-refractivity contribution is 0.0947. The van der Waals surface area contributed by atoms with Gasteiger partial charge in [-0.2, -0.15) is 0 Å². The van der Waals surface area contributed by atoms with Crippen LogP contribution in [0.5, 0.6) is 0 Å². The molecular weight excluding hydrogens is 220 g/mol. The molecule has 0 fully saturated rings. The van der Waals surface area contributed by atoms with E-state index in [0.29, 0.717) is 6.54 Å². The molecule has 0 saturated carbocycles. The molecule has 104 valence electrons. The first-order valence-electron chi connectivity index (χ1n) is 6.22. The fourth-order valence-electron chi connectivity index (χ4n) is 1.24. The summed E-state index contributed by atoms with van der Waals surface area (Å²) in [5.41, 5.74) is 0. The number of rotatable bonds is 12. The molecule has 0 aliphatic rings. The van der Waals surface area contributed by atoms with Crippen molar-refractivity contribution in [3.63, 3.8) is 0 Å². The first kappa shape index (κ1) is 16.8. The van der Waals surface area contributed by atoms with Crippen molar-refractivity contribution in [3.05, 3.63) is 0 Å². The zero-order valence-corrected chi connectivity index (χ0v) is 11.1. The third kappa shape index (κ3) is 13.7. The van der Waals surface area contributed by atoms with E-state index in [4.69, 9.17) is 10.2 Å². The van der Waals surface area contributed by atoms with Crippen LogP contribution in [0.4, 0.5) is 0 Å². The molecule has 0 aromatic carbocycles. The minimum atomic E-state index is -0.650. The van der Waals surface area contributed by atoms with Gasteiger partial charge < -0.3 is 31.1 Å². The quantitative estimate of drug-likeness (QED) is 0.249. The molecule has 1 atom stereocenters. The van der Waals surface area contributed by atoms with Crippen LogP contribution >= 0.6 is 0 Å². The summed E-state index contributed by atoms with van der Waals surface area (Å²) in [5.74, 6) is 0.